The summed E-state index contributed by atoms with van der Waals surface area (Å²) in [6.45, 7) is 2.36. The first-order valence-corrected chi connectivity index (χ1v) is 10.7. The molecule has 0 saturated heterocycles. The average molecular weight is 356 g/mol. The molecule has 2 fully saturated rings. The fourth-order valence-electron chi connectivity index (χ4n) is 4.53. The zero-order valence-electron chi connectivity index (χ0n) is 14.5. The fraction of sp³-hybridized carbons (Fsp3) is 0.500. The van der Waals surface area contributed by atoms with E-state index in [9.17, 15) is 5.11 Å². The summed E-state index contributed by atoms with van der Waals surface area (Å²) in [6, 6.07) is 10.8. The molecular weight excluding hydrogens is 330 g/mol. The van der Waals surface area contributed by atoms with Gasteiger partial charge in [-0.3, -0.25) is 3.97 Å². The number of benzene rings is 1. The van der Waals surface area contributed by atoms with Crippen molar-refractivity contribution in [1.29, 1.82) is 0 Å². The molecule has 0 spiro atoms. The van der Waals surface area contributed by atoms with Gasteiger partial charge in [0.2, 0.25) is 0 Å². The molecule has 0 amide bonds. The summed E-state index contributed by atoms with van der Waals surface area (Å²) in [5.74, 6) is 1.88. The smallest absolute Gasteiger partial charge is 0.162 e. The molecular formula is C20H25N3OS. The molecule has 1 aromatic heterocycles. The quantitative estimate of drug-likeness (QED) is 0.809. The van der Waals surface area contributed by atoms with Crippen LogP contribution in [0, 0.1) is 11.8 Å². The van der Waals surface area contributed by atoms with Crippen LogP contribution in [0.25, 0.3) is 0 Å². The van der Waals surface area contributed by atoms with E-state index in [0.717, 1.165) is 25.1 Å². The van der Waals surface area contributed by atoms with E-state index in [-0.39, 0.29) is 10.9 Å². The standard InChI is InChI=1S/C20H25N3OS/c1-20(16-5-3-2-4-6-16)10-9-15(11-20)19(24)25-18(14-7-8-14)22-17-12-21-13-23(17)25/h2-6,12-15,19,24-25H,7-11H2,1H3. The number of aliphatic hydroxyl groups excluding tert-OH is 1. The van der Waals surface area contributed by atoms with Gasteiger partial charge in [0.25, 0.3) is 0 Å². The normalized spacial score (nSPS) is 33.9. The number of fused-ring (bicyclic) bond motifs is 1. The largest absolute Gasteiger partial charge is 0.382 e. The lowest BCUT2D eigenvalue weighted by Gasteiger charge is -2.32. The Labute approximate surface area is 151 Å². The van der Waals surface area contributed by atoms with E-state index >= 15 is 0 Å². The summed E-state index contributed by atoms with van der Waals surface area (Å²) in [6.07, 6.45) is 9.46. The Morgan fingerprint density at radius 1 is 1.24 bits per heavy atom. The van der Waals surface area contributed by atoms with E-state index in [1.54, 1.807) is 0 Å². The number of thiol groups is 1. The van der Waals surface area contributed by atoms with E-state index < -0.39 is 11.1 Å². The van der Waals surface area contributed by atoms with Gasteiger partial charge in [-0.1, -0.05) is 37.3 Å². The van der Waals surface area contributed by atoms with Crippen molar-refractivity contribution in [3.05, 3.63) is 48.4 Å². The highest BCUT2D eigenvalue weighted by Crippen LogP contribution is 2.56. The predicted octanol–water partition coefficient (Wildman–Crippen LogP) is 4.18. The van der Waals surface area contributed by atoms with Gasteiger partial charge in [0.15, 0.2) is 5.82 Å². The van der Waals surface area contributed by atoms with Crippen LogP contribution in [-0.2, 0) is 5.41 Å². The average Bonchev–Trinajstić information content (AvgIpc) is 3.07. The van der Waals surface area contributed by atoms with Crippen LogP contribution in [-0.4, -0.2) is 24.5 Å². The maximum atomic E-state index is 11.3. The molecule has 2 aliphatic carbocycles. The summed E-state index contributed by atoms with van der Waals surface area (Å²) in [4.78, 5) is 9.08. The highest BCUT2D eigenvalue weighted by atomic mass is 32.2. The fourth-order valence-corrected chi connectivity index (χ4v) is 7.26. The van der Waals surface area contributed by atoms with Gasteiger partial charge in [-0.2, -0.15) is 0 Å². The maximum Gasteiger partial charge on any atom is 0.162 e. The molecule has 1 aliphatic heterocycles. The second kappa shape index (κ2) is 5.71. The van der Waals surface area contributed by atoms with Crippen molar-refractivity contribution in [3.8, 4) is 0 Å². The first kappa shape index (κ1) is 15.6. The minimum absolute atomic E-state index is 0.177. The molecule has 1 N–H and O–H groups in total. The SMILES string of the molecule is CC1(c2ccccc2)CCC(C(O)[SH]2C(C3CC3)=Nc3cncn32)C1. The van der Waals surface area contributed by atoms with Gasteiger partial charge in [0.1, 0.15) is 11.8 Å². The number of aliphatic imine (C=N–C) groups is 1. The predicted molar refractivity (Wildman–Crippen MR) is 104 cm³/mol. The molecule has 0 radical (unpaired) electrons. The van der Waals surface area contributed by atoms with Crippen LogP contribution in [0.5, 0.6) is 0 Å². The molecule has 4 unspecified atom stereocenters. The minimum atomic E-state index is -0.787. The van der Waals surface area contributed by atoms with E-state index in [0.29, 0.717) is 11.8 Å². The summed E-state index contributed by atoms with van der Waals surface area (Å²) < 4.78 is 2.16. The number of imidazole rings is 1. The van der Waals surface area contributed by atoms with Gasteiger partial charge in [-0.25, -0.2) is 9.98 Å². The van der Waals surface area contributed by atoms with Crippen LogP contribution in [0.3, 0.4) is 0 Å². The Kier molecular flexibility index (Phi) is 3.57. The van der Waals surface area contributed by atoms with Gasteiger partial charge in [-0.15, -0.1) is 11.1 Å². The first-order chi connectivity index (χ1) is 12.2. The van der Waals surface area contributed by atoms with Crippen molar-refractivity contribution in [2.45, 2.75) is 49.9 Å². The Morgan fingerprint density at radius 2 is 2.04 bits per heavy atom. The maximum absolute atomic E-state index is 11.3. The Hall–Kier alpha value is -1.59. The van der Waals surface area contributed by atoms with Gasteiger partial charge in [0, 0.05) is 5.92 Å². The third-order valence-electron chi connectivity index (χ3n) is 6.16. The molecule has 4 atom stereocenters. The highest BCUT2D eigenvalue weighted by molar-refractivity contribution is 8.29. The molecule has 5 rings (SSSR count). The molecule has 0 bridgehead atoms. The molecule has 1 aromatic carbocycles. The van der Waals surface area contributed by atoms with Crippen molar-refractivity contribution in [1.82, 2.24) is 8.96 Å². The molecule has 2 heterocycles. The number of rotatable bonds is 4. The van der Waals surface area contributed by atoms with Crippen LogP contribution in [0.4, 0.5) is 5.82 Å². The van der Waals surface area contributed by atoms with E-state index in [1.807, 2.05) is 12.5 Å². The molecule has 5 heteroatoms. The van der Waals surface area contributed by atoms with Crippen molar-refractivity contribution in [2.24, 2.45) is 16.8 Å². The van der Waals surface area contributed by atoms with Gasteiger partial charge < -0.3 is 5.11 Å². The summed E-state index contributed by atoms with van der Waals surface area (Å²) in [5, 5.41) is 12.6. The lowest BCUT2D eigenvalue weighted by atomic mass is 9.80. The monoisotopic (exact) mass is 355 g/mol. The van der Waals surface area contributed by atoms with Crippen molar-refractivity contribution >= 4 is 21.9 Å². The lowest BCUT2D eigenvalue weighted by molar-refractivity contribution is 0.188. The van der Waals surface area contributed by atoms with E-state index in [4.69, 9.17) is 4.99 Å². The minimum Gasteiger partial charge on any atom is -0.382 e. The van der Waals surface area contributed by atoms with Crippen molar-refractivity contribution in [2.75, 3.05) is 0 Å². The third kappa shape index (κ3) is 2.56. The first-order valence-electron chi connectivity index (χ1n) is 9.30. The Morgan fingerprint density at radius 3 is 2.80 bits per heavy atom. The molecule has 4 nitrogen and oxygen atoms in total. The molecule has 132 valence electrons. The van der Waals surface area contributed by atoms with Gasteiger partial charge in [-0.05, 0) is 49.0 Å². The molecule has 25 heavy (non-hydrogen) atoms. The topological polar surface area (TPSA) is 50.4 Å². The van der Waals surface area contributed by atoms with Crippen LogP contribution in [0.1, 0.15) is 44.6 Å². The number of nitrogens with zero attached hydrogens (tertiary/aromatic N) is 3. The number of hydrogen-bond acceptors (Lipinski definition) is 3. The zero-order valence-corrected chi connectivity index (χ0v) is 15.4. The lowest BCUT2D eigenvalue weighted by Crippen LogP contribution is -2.26. The zero-order chi connectivity index (χ0) is 17.0. The van der Waals surface area contributed by atoms with Crippen molar-refractivity contribution in [3.63, 3.8) is 0 Å². The summed E-state index contributed by atoms with van der Waals surface area (Å²) >= 11 is -0.787. The van der Waals surface area contributed by atoms with E-state index in [2.05, 4.69) is 46.2 Å². The van der Waals surface area contributed by atoms with Crippen LogP contribution in [0.15, 0.2) is 47.8 Å². The third-order valence-corrected chi connectivity index (χ3v) is 8.79. The number of aromatic nitrogens is 2. The van der Waals surface area contributed by atoms with Crippen LogP contribution in [0.2, 0.25) is 0 Å². The second-order valence-electron chi connectivity index (χ2n) is 8.03. The van der Waals surface area contributed by atoms with Crippen LogP contribution >= 0.6 is 11.1 Å². The molecule has 2 saturated carbocycles. The summed E-state index contributed by atoms with van der Waals surface area (Å²) in [5.41, 5.74) is 1.27. The Balaban J connectivity index is 1.40. The second-order valence-corrected chi connectivity index (χ2v) is 10.1. The summed E-state index contributed by atoms with van der Waals surface area (Å²) in [7, 11) is 0. The van der Waals surface area contributed by atoms with Gasteiger partial charge >= 0.3 is 0 Å². The van der Waals surface area contributed by atoms with Gasteiger partial charge in [0.05, 0.1) is 11.2 Å². The highest BCUT2D eigenvalue weighted by Gasteiger charge is 2.45. The molecule has 3 aliphatic rings. The Bertz CT molecular complexity index is 813. The molecule has 2 aromatic rings. The number of hydrogen-bond donors (Lipinski definition) is 2. The van der Waals surface area contributed by atoms with E-state index in [1.165, 1.54) is 23.4 Å². The number of aliphatic hydroxyl groups is 1. The van der Waals surface area contributed by atoms with Crippen molar-refractivity contribution < 1.29 is 5.11 Å². The van der Waals surface area contributed by atoms with Crippen LogP contribution < -0.4 is 0 Å².